The quantitative estimate of drug-likeness (QED) is 0.270. The van der Waals surface area contributed by atoms with Crippen LogP contribution in [0.5, 0.6) is 0 Å². The molecule has 6 heavy (non-hydrogen) atoms. The van der Waals surface area contributed by atoms with E-state index < -0.39 is 0 Å². The fourth-order valence-corrected chi connectivity index (χ4v) is 0.589. The largest absolute Gasteiger partial charge is 1.00 e. The summed E-state index contributed by atoms with van der Waals surface area (Å²) in [4.78, 5) is 0. The molecular formula is C4H3LiS. The van der Waals surface area contributed by atoms with Crippen molar-refractivity contribution in [3.05, 3.63) is 22.9 Å². The molecule has 1 heterocycles. The van der Waals surface area contributed by atoms with Gasteiger partial charge in [-0.05, 0) is 0 Å². The third-order valence-corrected chi connectivity index (χ3v) is 0.944. The first kappa shape index (κ1) is 6.30. The Morgan fingerprint density at radius 1 is 1.50 bits per heavy atom. The van der Waals surface area contributed by atoms with Crippen LogP contribution in [0.2, 0.25) is 0 Å². The Labute approximate surface area is 53.4 Å². The van der Waals surface area contributed by atoms with E-state index >= 15 is 0 Å². The summed E-state index contributed by atoms with van der Waals surface area (Å²) in [5.41, 5.74) is 0. The zero-order valence-corrected chi connectivity index (χ0v) is 4.46. The van der Waals surface area contributed by atoms with Gasteiger partial charge in [-0.1, -0.05) is 0 Å². The first-order valence-corrected chi connectivity index (χ1v) is 2.32. The maximum atomic E-state index is 2.88. The molecule has 0 radical (unpaired) electrons. The van der Waals surface area contributed by atoms with Gasteiger partial charge in [0.15, 0.2) is 0 Å². The van der Waals surface area contributed by atoms with Gasteiger partial charge in [-0.3, -0.25) is 11.3 Å². The van der Waals surface area contributed by atoms with Gasteiger partial charge in [0, 0.05) is 0 Å². The van der Waals surface area contributed by atoms with E-state index in [-0.39, 0.29) is 18.9 Å². The van der Waals surface area contributed by atoms with Crippen molar-refractivity contribution in [1.29, 1.82) is 0 Å². The second kappa shape index (κ2) is 3.49. The van der Waals surface area contributed by atoms with Crippen LogP contribution in [0.25, 0.3) is 0 Å². The summed E-state index contributed by atoms with van der Waals surface area (Å²) >= 11 is 1.66. The van der Waals surface area contributed by atoms with Crippen molar-refractivity contribution >= 4 is 11.3 Å². The third-order valence-electron chi connectivity index (χ3n) is 0.379. The molecule has 0 fully saturated rings. The van der Waals surface area contributed by atoms with Gasteiger partial charge < -0.3 is 0 Å². The molecule has 0 spiro atoms. The molecule has 0 aliphatic heterocycles. The van der Waals surface area contributed by atoms with Crippen LogP contribution in [0.4, 0.5) is 0 Å². The Morgan fingerprint density at radius 2 is 2.33 bits per heavy atom. The molecule has 1 aromatic heterocycles. The minimum atomic E-state index is 0. The van der Waals surface area contributed by atoms with Crippen molar-refractivity contribution in [1.82, 2.24) is 0 Å². The summed E-state index contributed by atoms with van der Waals surface area (Å²) in [7, 11) is 0. The number of thiophene rings is 1. The van der Waals surface area contributed by atoms with Crippen LogP contribution in [-0.2, 0) is 0 Å². The molecule has 0 aliphatic rings. The van der Waals surface area contributed by atoms with E-state index in [9.17, 15) is 0 Å². The molecule has 0 nitrogen and oxygen atoms in total. The first-order chi connectivity index (χ1) is 2.50. The fourth-order valence-electron chi connectivity index (χ4n) is 0.196. The Balaban J connectivity index is 0.000000250. The van der Waals surface area contributed by atoms with E-state index in [1.165, 1.54) is 0 Å². The van der Waals surface area contributed by atoms with Crippen molar-refractivity contribution in [3.8, 4) is 0 Å². The summed E-state index contributed by atoms with van der Waals surface area (Å²) < 4.78 is 0. The van der Waals surface area contributed by atoms with Crippen molar-refractivity contribution < 1.29 is 18.9 Å². The van der Waals surface area contributed by atoms with Gasteiger partial charge in [0.05, 0.1) is 0 Å². The molecule has 0 saturated carbocycles. The van der Waals surface area contributed by atoms with E-state index in [4.69, 9.17) is 0 Å². The zero-order chi connectivity index (χ0) is 3.54. The van der Waals surface area contributed by atoms with Gasteiger partial charge in [-0.25, -0.2) is 12.1 Å². The SMILES string of the molecule is [Li+].[c-]1ccsc1. The smallest absolute Gasteiger partial charge is 0.273 e. The van der Waals surface area contributed by atoms with E-state index in [1.807, 2.05) is 16.8 Å². The van der Waals surface area contributed by atoms with E-state index in [0.717, 1.165) is 0 Å². The summed E-state index contributed by atoms with van der Waals surface area (Å²) in [5.74, 6) is 0. The minimum Gasteiger partial charge on any atom is -0.273 e. The second-order valence-corrected chi connectivity index (χ2v) is 1.50. The van der Waals surface area contributed by atoms with Crippen molar-refractivity contribution in [3.63, 3.8) is 0 Å². The summed E-state index contributed by atoms with van der Waals surface area (Å²) in [6, 6.07) is 4.77. The molecule has 1 aromatic rings. The summed E-state index contributed by atoms with van der Waals surface area (Å²) in [5, 5.41) is 3.90. The number of hydrogen-bond donors (Lipinski definition) is 0. The Hall–Kier alpha value is 0.297. The Morgan fingerprint density at radius 3 is 2.50 bits per heavy atom. The van der Waals surface area contributed by atoms with E-state index in [1.54, 1.807) is 11.3 Å². The molecule has 2 heteroatoms. The minimum absolute atomic E-state index is 0. The van der Waals surface area contributed by atoms with Gasteiger partial charge in [-0.15, -0.1) is 5.38 Å². The maximum Gasteiger partial charge on any atom is 1.00 e. The average Bonchev–Trinajstić information content (AvgIpc) is 1.76. The Kier molecular flexibility index (Phi) is 3.66. The molecule has 26 valence electrons. The molecule has 0 amide bonds. The van der Waals surface area contributed by atoms with Crippen LogP contribution >= 0.6 is 11.3 Å². The summed E-state index contributed by atoms with van der Waals surface area (Å²) in [6.45, 7) is 0. The van der Waals surface area contributed by atoms with Crippen molar-refractivity contribution in [2.24, 2.45) is 0 Å². The van der Waals surface area contributed by atoms with Crippen LogP contribution in [0.1, 0.15) is 0 Å². The molecular weight excluding hydrogens is 87.1 g/mol. The van der Waals surface area contributed by atoms with Crippen molar-refractivity contribution in [2.75, 3.05) is 0 Å². The monoisotopic (exact) mass is 90.0 g/mol. The Bertz CT molecular complexity index is 64.0. The molecule has 0 N–H and O–H groups in total. The molecule has 0 unspecified atom stereocenters. The standard InChI is InChI=1S/C4H3S.Li/c1-2-4-5-3-1;/h1,3-4H;/q-1;+1. The summed E-state index contributed by atoms with van der Waals surface area (Å²) in [6.07, 6.45) is 0. The van der Waals surface area contributed by atoms with Crippen LogP contribution in [0, 0.1) is 6.07 Å². The molecule has 1 rings (SSSR count). The molecule has 0 aliphatic carbocycles. The molecule has 0 atom stereocenters. The average molecular weight is 90.1 g/mol. The van der Waals surface area contributed by atoms with E-state index in [2.05, 4.69) is 6.07 Å². The normalized spacial score (nSPS) is 6.67. The maximum absolute atomic E-state index is 2.88. The predicted octanol–water partition coefficient (Wildman–Crippen LogP) is -1.45. The first-order valence-electron chi connectivity index (χ1n) is 1.38. The van der Waals surface area contributed by atoms with Gasteiger partial charge in [-0.2, -0.15) is 5.38 Å². The predicted molar refractivity (Wildman–Crippen MR) is 23.2 cm³/mol. The number of rotatable bonds is 0. The van der Waals surface area contributed by atoms with Gasteiger partial charge in [0.1, 0.15) is 0 Å². The molecule has 0 saturated heterocycles. The van der Waals surface area contributed by atoms with Crippen LogP contribution < -0.4 is 18.9 Å². The molecule has 0 bridgehead atoms. The number of hydrogen-bond acceptors (Lipinski definition) is 1. The molecule has 0 aromatic carbocycles. The van der Waals surface area contributed by atoms with Gasteiger partial charge in [0.2, 0.25) is 0 Å². The zero-order valence-electron chi connectivity index (χ0n) is 3.64. The second-order valence-electron chi connectivity index (χ2n) is 0.723. The van der Waals surface area contributed by atoms with Crippen LogP contribution in [0.15, 0.2) is 16.8 Å². The van der Waals surface area contributed by atoms with Gasteiger partial charge in [0.25, 0.3) is 0 Å². The van der Waals surface area contributed by atoms with E-state index in [0.29, 0.717) is 0 Å². The fraction of sp³-hybridized carbons (Fsp3) is 0. The van der Waals surface area contributed by atoms with Crippen molar-refractivity contribution in [2.45, 2.75) is 0 Å². The van der Waals surface area contributed by atoms with Crippen LogP contribution in [-0.4, -0.2) is 0 Å². The van der Waals surface area contributed by atoms with Crippen LogP contribution in [0.3, 0.4) is 0 Å². The third kappa shape index (κ3) is 1.67. The topological polar surface area (TPSA) is 0 Å². The van der Waals surface area contributed by atoms with Gasteiger partial charge >= 0.3 is 18.9 Å².